The zero-order chi connectivity index (χ0) is 12.8. The van der Waals surface area contributed by atoms with E-state index in [1.807, 2.05) is 34.5 Å². The highest BCUT2D eigenvalue weighted by atomic mass is 32.1. The number of aryl methyl sites for hydroxylation is 1. The average Bonchev–Trinajstić information content (AvgIpc) is 3.00. The Kier molecular flexibility index (Phi) is 4.96. The Balaban J connectivity index is 1.76. The molecular formula is C14H21N3S. The van der Waals surface area contributed by atoms with Crippen LogP contribution in [0.1, 0.15) is 31.2 Å². The molecule has 0 fully saturated rings. The van der Waals surface area contributed by atoms with Gasteiger partial charge in [0.1, 0.15) is 0 Å². The summed E-state index contributed by atoms with van der Waals surface area (Å²) in [6.07, 6.45) is 4.95. The number of rotatable bonds is 7. The highest BCUT2D eigenvalue weighted by Crippen LogP contribution is 2.25. The van der Waals surface area contributed by atoms with Gasteiger partial charge in [-0.05, 0) is 36.4 Å². The first kappa shape index (κ1) is 13.3. The van der Waals surface area contributed by atoms with E-state index >= 15 is 0 Å². The molecule has 1 atom stereocenters. The van der Waals surface area contributed by atoms with Crippen LogP contribution in [0.2, 0.25) is 0 Å². The summed E-state index contributed by atoms with van der Waals surface area (Å²) in [6.45, 7) is 6.55. The van der Waals surface area contributed by atoms with Gasteiger partial charge in [-0.15, -0.1) is 11.3 Å². The molecule has 18 heavy (non-hydrogen) atoms. The third kappa shape index (κ3) is 3.68. The van der Waals surface area contributed by atoms with Gasteiger partial charge in [0.25, 0.3) is 0 Å². The Hall–Kier alpha value is -1.13. The molecule has 2 heterocycles. The second kappa shape index (κ2) is 6.71. The molecule has 3 nitrogen and oxygen atoms in total. The van der Waals surface area contributed by atoms with Crippen LogP contribution >= 0.6 is 11.3 Å². The molecule has 0 bridgehead atoms. The lowest BCUT2D eigenvalue weighted by Crippen LogP contribution is -2.26. The average molecular weight is 263 g/mol. The van der Waals surface area contributed by atoms with Crippen molar-refractivity contribution in [2.45, 2.75) is 32.9 Å². The van der Waals surface area contributed by atoms with Gasteiger partial charge >= 0.3 is 0 Å². The Bertz CT molecular complexity index is 420. The number of nitrogens with one attached hydrogen (secondary N) is 1. The maximum atomic E-state index is 4.21. The number of hydrogen-bond acceptors (Lipinski definition) is 3. The van der Waals surface area contributed by atoms with Crippen LogP contribution in [0.3, 0.4) is 0 Å². The van der Waals surface area contributed by atoms with E-state index in [1.165, 1.54) is 4.88 Å². The fourth-order valence-corrected chi connectivity index (χ4v) is 3.04. The fraction of sp³-hybridized carbons (Fsp3) is 0.500. The molecule has 0 aromatic carbocycles. The first-order chi connectivity index (χ1) is 8.77. The Morgan fingerprint density at radius 1 is 1.39 bits per heavy atom. The Labute approximate surface area is 113 Å². The van der Waals surface area contributed by atoms with Gasteiger partial charge in [0.15, 0.2) is 0 Å². The molecule has 1 N–H and O–H groups in total. The summed E-state index contributed by atoms with van der Waals surface area (Å²) >= 11 is 1.84. The minimum atomic E-state index is 0.475. The predicted molar refractivity (Wildman–Crippen MR) is 76.7 cm³/mol. The lowest BCUT2D eigenvalue weighted by atomic mass is 10.0. The minimum Gasteiger partial charge on any atom is -0.309 e. The smallest absolute Gasteiger partial charge is 0.0489 e. The van der Waals surface area contributed by atoms with Crippen molar-refractivity contribution in [3.63, 3.8) is 0 Å². The number of thiophene rings is 1. The quantitative estimate of drug-likeness (QED) is 0.777. The van der Waals surface area contributed by atoms with Gasteiger partial charge in [-0.25, -0.2) is 0 Å². The van der Waals surface area contributed by atoms with Crippen molar-refractivity contribution in [1.82, 2.24) is 15.1 Å². The molecule has 2 aromatic heterocycles. The molecule has 4 heteroatoms. The monoisotopic (exact) mass is 263 g/mol. The van der Waals surface area contributed by atoms with Crippen LogP contribution in [0.25, 0.3) is 0 Å². The van der Waals surface area contributed by atoms with Crippen molar-refractivity contribution in [2.24, 2.45) is 5.92 Å². The number of nitrogens with zero attached hydrogens (tertiary/aromatic N) is 2. The van der Waals surface area contributed by atoms with Gasteiger partial charge in [0, 0.05) is 29.9 Å². The highest BCUT2D eigenvalue weighted by molar-refractivity contribution is 7.10. The van der Waals surface area contributed by atoms with E-state index in [-0.39, 0.29) is 0 Å². The normalized spacial score (nSPS) is 13.1. The topological polar surface area (TPSA) is 29.9 Å². The fourth-order valence-electron chi connectivity index (χ4n) is 2.06. The van der Waals surface area contributed by atoms with Crippen LogP contribution < -0.4 is 5.32 Å². The van der Waals surface area contributed by atoms with Crippen LogP contribution in [0, 0.1) is 5.92 Å². The second-order valence-electron chi connectivity index (χ2n) is 4.81. The van der Waals surface area contributed by atoms with Crippen molar-refractivity contribution >= 4 is 11.3 Å². The third-order valence-corrected chi connectivity index (χ3v) is 3.96. The van der Waals surface area contributed by atoms with E-state index in [0.29, 0.717) is 12.0 Å². The van der Waals surface area contributed by atoms with Crippen LogP contribution in [0.5, 0.6) is 0 Å². The Morgan fingerprint density at radius 3 is 2.89 bits per heavy atom. The molecule has 98 valence electrons. The molecule has 0 saturated carbocycles. The summed E-state index contributed by atoms with van der Waals surface area (Å²) in [5, 5.41) is 10.0. The number of aromatic nitrogens is 2. The van der Waals surface area contributed by atoms with Crippen LogP contribution in [-0.4, -0.2) is 16.3 Å². The third-order valence-electron chi connectivity index (χ3n) is 3.00. The van der Waals surface area contributed by atoms with Crippen molar-refractivity contribution in [3.05, 3.63) is 40.8 Å². The van der Waals surface area contributed by atoms with E-state index in [1.54, 1.807) is 0 Å². The molecule has 2 aromatic rings. The molecule has 2 rings (SSSR count). The summed E-state index contributed by atoms with van der Waals surface area (Å²) in [5.41, 5.74) is 0. The van der Waals surface area contributed by atoms with E-state index < -0.39 is 0 Å². The first-order valence-electron chi connectivity index (χ1n) is 6.51. The van der Waals surface area contributed by atoms with Crippen LogP contribution in [0.4, 0.5) is 0 Å². The molecule has 0 radical (unpaired) electrons. The van der Waals surface area contributed by atoms with E-state index in [4.69, 9.17) is 0 Å². The maximum Gasteiger partial charge on any atom is 0.0489 e. The largest absolute Gasteiger partial charge is 0.309 e. The summed E-state index contributed by atoms with van der Waals surface area (Å²) in [6, 6.07) is 6.79. The summed E-state index contributed by atoms with van der Waals surface area (Å²) in [5.74, 6) is 0.619. The van der Waals surface area contributed by atoms with E-state index in [2.05, 4.69) is 41.8 Å². The molecule has 0 saturated heterocycles. The standard InChI is InChI=1S/C14H21N3S/c1-12(2)14(13-6-3-11-18-13)15-7-4-9-17-10-5-8-16-17/h3,5-6,8,10-12,14-15H,4,7,9H2,1-2H3. The van der Waals surface area contributed by atoms with Crippen molar-refractivity contribution < 1.29 is 0 Å². The van der Waals surface area contributed by atoms with Gasteiger partial charge in [-0.1, -0.05) is 19.9 Å². The molecule has 1 unspecified atom stereocenters. The maximum absolute atomic E-state index is 4.21. The van der Waals surface area contributed by atoms with E-state index in [9.17, 15) is 0 Å². The van der Waals surface area contributed by atoms with Gasteiger partial charge in [0.2, 0.25) is 0 Å². The highest BCUT2D eigenvalue weighted by Gasteiger charge is 2.15. The minimum absolute atomic E-state index is 0.475. The van der Waals surface area contributed by atoms with Gasteiger partial charge in [-0.3, -0.25) is 4.68 Å². The summed E-state index contributed by atoms with van der Waals surface area (Å²) < 4.78 is 1.98. The van der Waals surface area contributed by atoms with Crippen molar-refractivity contribution in [1.29, 1.82) is 0 Å². The van der Waals surface area contributed by atoms with Crippen molar-refractivity contribution in [2.75, 3.05) is 6.54 Å². The molecule has 0 aliphatic heterocycles. The first-order valence-corrected chi connectivity index (χ1v) is 7.39. The molecular weight excluding hydrogens is 242 g/mol. The number of hydrogen-bond donors (Lipinski definition) is 1. The van der Waals surface area contributed by atoms with Crippen molar-refractivity contribution in [3.8, 4) is 0 Å². The molecule has 0 aliphatic rings. The predicted octanol–water partition coefficient (Wildman–Crippen LogP) is 3.32. The van der Waals surface area contributed by atoms with Gasteiger partial charge in [0.05, 0.1) is 0 Å². The zero-order valence-corrected chi connectivity index (χ0v) is 11.9. The Morgan fingerprint density at radius 2 is 2.28 bits per heavy atom. The van der Waals surface area contributed by atoms with Gasteiger partial charge < -0.3 is 5.32 Å². The molecule has 0 aliphatic carbocycles. The SMILES string of the molecule is CC(C)C(NCCCn1cccn1)c1cccs1. The second-order valence-corrected chi connectivity index (χ2v) is 5.79. The van der Waals surface area contributed by atoms with Crippen LogP contribution in [0.15, 0.2) is 36.0 Å². The summed E-state index contributed by atoms with van der Waals surface area (Å²) in [4.78, 5) is 1.43. The molecule has 0 amide bonds. The zero-order valence-electron chi connectivity index (χ0n) is 11.0. The van der Waals surface area contributed by atoms with E-state index in [0.717, 1.165) is 19.5 Å². The van der Waals surface area contributed by atoms with Gasteiger partial charge in [-0.2, -0.15) is 5.10 Å². The molecule has 0 spiro atoms. The van der Waals surface area contributed by atoms with Crippen LogP contribution in [-0.2, 0) is 6.54 Å². The summed E-state index contributed by atoms with van der Waals surface area (Å²) in [7, 11) is 0. The lowest BCUT2D eigenvalue weighted by Gasteiger charge is -2.21. The lowest BCUT2D eigenvalue weighted by molar-refractivity contribution is 0.405.